The van der Waals surface area contributed by atoms with Gasteiger partial charge in [-0.1, -0.05) is 0 Å². The van der Waals surface area contributed by atoms with E-state index in [1.165, 1.54) is 25.2 Å². The Morgan fingerprint density at radius 3 is 2.88 bits per heavy atom. The fourth-order valence-electron chi connectivity index (χ4n) is 0.922. The first-order valence-electron chi connectivity index (χ1n) is 4.27. The highest BCUT2D eigenvalue weighted by atomic mass is 32.2. The molecule has 2 aromatic rings. The summed E-state index contributed by atoms with van der Waals surface area (Å²) in [5.74, 6) is 0.114. The summed E-state index contributed by atoms with van der Waals surface area (Å²) < 4.78 is 4.89. The lowest BCUT2D eigenvalue weighted by Gasteiger charge is -2.02. The SMILES string of the molecule is COc1nc(N)nc(Sc2ccncn2)n1. The first kappa shape index (κ1) is 10.6. The molecule has 2 N–H and O–H groups in total. The fourth-order valence-corrected chi connectivity index (χ4v) is 1.60. The zero-order chi connectivity index (χ0) is 11.4. The highest BCUT2D eigenvalue weighted by molar-refractivity contribution is 7.99. The van der Waals surface area contributed by atoms with Gasteiger partial charge in [-0.25, -0.2) is 9.97 Å². The maximum absolute atomic E-state index is 5.50. The second-order valence-corrected chi connectivity index (χ2v) is 3.60. The largest absolute Gasteiger partial charge is 0.467 e. The van der Waals surface area contributed by atoms with E-state index in [1.807, 2.05) is 0 Å². The molecule has 0 unspecified atom stereocenters. The van der Waals surface area contributed by atoms with E-state index in [9.17, 15) is 0 Å². The molecule has 0 aliphatic rings. The second kappa shape index (κ2) is 4.71. The molecule has 0 spiro atoms. The van der Waals surface area contributed by atoms with E-state index in [0.717, 1.165) is 5.03 Å². The van der Waals surface area contributed by atoms with Crippen molar-refractivity contribution in [1.29, 1.82) is 0 Å². The van der Waals surface area contributed by atoms with Gasteiger partial charge in [-0.2, -0.15) is 15.0 Å². The van der Waals surface area contributed by atoms with Crippen LogP contribution < -0.4 is 10.5 Å². The Labute approximate surface area is 95.5 Å². The van der Waals surface area contributed by atoms with Crippen molar-refractivity contribution >= 4 is 17.7 Å². The summed E-state index contributed by atoms with van der Waals surface area (Å²) >= 11 is 1.26. The van der Waals surface area contributed by atoms with E-state index in [0.29, 0.717) is 5.16 Å². The van der Waals surface area contributed by atoms with Crippen LogP contribution in [0, 0.1) is 0 Å². The predicted octanol–water partition coefficient (Wildman–Crippen LogP) is 0.404. The van der Waals surface area contributed by atoms with Crippen LogP contribution >= 0.6 is 11.8 Å². The van der Waals surface area contributed by atoms with Gasteiger partial charge in [-0.15, -0.1) is 0 Å². The number of nitrogens with zero attached hydrogens (tertiary/aromatic N) is 5. The normalized spacial score (nSPS) is 10.1. The molecule has 2 heterocycles. The number of rotatable bonds is 3. The Kier molecular flexibility index (Phi) is 3.10. The number of nitrogens with two attached hydrogens (primary N) is 1. The molecule has 0 aromatic carbocycles. The van der Waals surface area contributed by atoms with Crippen molar-refractivity contribution in [1.82, 2.24) is 24.9 Å². The zero-order valence-electron chi connectivity index (χ0n) is 8.36. The van der Waals surface area contributed by atoms with Crippen LogP contribution in [-0.2, 0) is 0 Å². The lowest BCUT2D eigenvalue weighted by Crippen LogP contribution is -2.02. The van der Waals surface area contributed by atoms with Gasteiger partial charge < -0.3 is 10.5 Å². The van der Waals surface area contributed by atoms with Crippen LogP contribution in [0.15, 0.2) is 28.8 Å². The summed E-state index contributed by atoms with van der Waals surface area (Å²) in [6.07, 6.45) is 3.08. The van der Waals surface area contributed by atoms with Crippen molar-refractivity contribution in [2.75, 3.05) is 12.8 Å². The topological polar surface area (TPSA) is 99.7 Å². The van der Waals surface area contributed by atoms with Crippen LogP contribution in [0.2, 0.25) is 0 Å². The Bertz CT molecular complexity index is 479. The van der Waals surface area contributed by atoms with Crippen molar-refractivity contribution in [3.8, 4) is 6.01 Å². The van der Waals surface area contributed by atoms with Gasteiger partial charge in [-0.05, 0) is 17.8 Å². The fraction of sp³-hybridized carbons (Fsp3) is 0.125. The van der Waals surface area contributed by atoms with Gasteiger partial charge >= 0.3 is 6.01 Å². The summed E-state index contributed by atoms with van der Waals surface area (Å²) in [5, 5.41) is 1.16. The number of hydrogen-bond acceptors (Lipinski definition) is 8. The van der Waals surface area contributed by atoms with E-state index >= 15 is 0 Å². The zero-order valence-corrected chi connectivity index (χ0v) is 9.18. The van der Waals surface area contributed by atoms with Gasteiger partial charge in [0.15, 0.2) is 0 Å². The molecule has 0 atom stereocenters. The standard InChI is InChI=1S/C8H8N6OS/c1-15-7-12-6(9)13-8(14-7)16-5-2-3-10-4-11-5/h2-4H,1H3,(H2,9,12,13,14). The molecule has 0 aliphatic heterocycles. The van der Waals surface area contributed by atoms with Crippen LogP contribution in [0.25, 0.3) is 0 Å². The van der Waals surface area contributed by atoms with Gasteiger partial charge in [0.2, 0.25) is 11.1 Å². The van der Waals surface area contributed by atoms with Crippen LogP contribution in [0.4, 0.5) is 5.95 Å². The molecule has 0 fully saturated rings. The third kappa shape index (κ3) is 2.54. The first-order valence-corrected chi connectivity index (χ1v) is 5.09. The molecule has 16 heavy (non-hydrogen) atoms. The van der Waals surface area contributed by atoms with Gasteiger partial charge in [0.05, 0.1) is 7.11 Å². The molecule has 0 bridgehead atoms. The van der Waals surface area contributed by atoms with Crippen molar-refractivity contribution in [3.63, 3.8) is 0 Å². The van der Waals surface area contributed by atoms with Crippen molar-refractivity contribution < 1.29 is 4.74 Å². The smallest absolute Gasteiger partial charge is 0.321 e. The predicted molar refractivity (Wildman–Crippen MR) is 56.9 cm³/mol. The van der Waals surface area contributed by atoms with Gasteiger partial charge in [0.25, 0.3) is 0 Å². The lowest BCUT2D eigenvalue weighted by atomic mass is 10.7. The van der Waals surface area contributed by atoms with E-state index < -0.39 is 0 Å². The summed E-state index contributed by atoms with van der Waals surface area (Å²) in [4.78, 5) is 19.6. The number of anilines is 1. The molecule has 0 saturated carbocycles. The number of aromatic nitrogens is 5. The van der Waals surface area contributed by atoms with Crippen molar-refractivity contribution in [2.24, 2.45) is 0 Å². The average Bonchev–Trinajstić information content (AvgIpc) is 2.29. The quantitative estimate of drug-likeness (QED) is 0.764. The van der Waals surface area contributed by atoms with Gasteiger partial charge in [-0.3, -0.25) is 0 Å². The van der Waals surface area contributed by atoms with Crippen LogP contribution in [0.1, 0.15) is 0 Å². The minimum Gasteiger partial charge on any atom is -0.467 e. The number of hydrogen-bond donors (Lipinski definition) is 1. The Hall–Kier alpha value is -1.96. The van der Waals surface area contributed by atoms with Crippen LogP contribution in [-0.4, -0.2) is 32.0 Å². The third-order valence-electron chi connectivity index (χ3n) is 1.54. The van der Waals surface area contributed by atoms with Gasteiger partial charge in [0.1, 0.15) is 11.4 Å². The molecule has 8 heteroatoms. The average molecular weight is 236 g/mol. The Morgan fingerprint density at radius 1 is 1.31 bits per heavy atom. The molecule has 0 amide bonds. The molecule has 0 aliphatic carbocycles. The highest BCUT2D eigenvalue weighted by Gasteiger charge is 2.06. The molecular formula is C8H8N6OS. The second-order valence-electron chi connectivity index (χ2n) is 2.61. The van der Waals surface area contributed by atoms with Gasteiger partial charge in [0, 0.05) is 6.20 Å². The molecule has 2 rings (SSSR count). The Morgan fingerprint density at radius 2 is 2.19 bits per heavy atom. The maximum Gasteiger partial charge on any atom is 0.321 e. The summed E-state index contributed by atoms with van der Waals surface area (Å²) in [6.45, 7) is 0. The molecule has 0 radical (unpaired) electrons. The maximum atomic E-state index is 5.50. The van der Waals surface area contributed by atoms with E-state index in [2.05, 4.69) is 24.9 Å². The number of ether oxygens (including phenoxy) is 1. The third-order valence-corrected chi connectivity index (χ3v) is 2.36. The van der Waals surface area contributed by atoms with Crippen molar-refractivity contribution in [3.05, 3.63) is 18.6 Å². The summed E-state index contributed by atoms with van der Waals surface area (Å²) in [6, 6.07) is 1.93. The van der Waals surface area contributed by atoms with E-state index in [-0.39, 0.29) is 12.0 Å². The monoisotopic (exact) mass is 236 g/mol. The molecule has 0 saturated heterocycles. The molecule has 82 valence electrons. The molecule has 7 nitrogen and oxygen atoms in total. The summed E-state index contributed by atoms with van der Waals surface area (Å²) in [5.41, 5.74) is 5.50. The minimum absolute atomic E-state index is 0.114. The minimum atomic E-state index is 0.114. The molecular weight excluding hydrogens is 228 g/mol. The lowest BCUT2D eigenvalue weighted by molar-refractivity contribution is 0.374. The number of methoxy groups -OCH3 is 1. The van der Waals surface area contributed by atoms with Crippen molar-refractivity contribution in [2.45, 2.75) is 10.2 Å². The molecule has 2 aromatic heterocycles. The van der Waals surface area contributed by atoms with Crippen LogP contribution in [0.5, 0.6) is 6.01 Å². The number of nitrogen functional groups attached to an aromatic ring is 1. The Balaban J connectivity index is 2.24. The highest BCUT2D eigenvalue weighted by Crippen LogP contribution is 2.23. The first-order chi connectivity index (χ1) is 7.78. The van der Waals surface area contributed by atoms with Crippen LogP contribution in [0.3, 0.4) is 0 Å². The van der Waals surface area contributed by atoms with E-state index in [1.54, 1.807) is 12.3 Å². The van der Waals surface area contributed by atoms with E-state index in [4.69, 9.17) is 10.5 Å². The summed E-state index contributed by atoms with van der Waals surface area (Å²) in [7, 11) is 1.47.